The van der Waals surface area contributed by atoms with Gasteiger partial charge in [-0.05, 0) is 65.6 Å². The molecule has 0 spiro atoms. The number of anilines is 1. The van der Waals surface area contributed by atoms with E-state index in [-0.39, 0.29) is 6.09 Å². The van der Waals surface area contributed by atoms with Gasteiger partial charge in [-0.2, -0.15) is 0 Å². The number of hydrogen-bond acceptors (Lipinski definition) is 4. The molecule has 5 nitrogen and oxygen atoms in total. The summed E-state index contributed by atoms with van der Waals surface area (Å²) in [7, 11) is 0. The van der Waals surface area contributed by atoms with Crippen LogP contribution in [-0.4, -0.2) is 41.2 Å². The topological polar surface area (TPSA) is 45.7 Å². The standard InChI is InChI=1S/C22H37N3O2/c1-6-8-16-24-17-10-9-13-19(24)18-12-11-14-23-20(18)25(15-7-2)21(26)27-22(3,4)5/h11-12,14,19H,6-10,13,15-17H2,1-5H3/t19-/m0/s1. The van der Waals surface area contributed by atoms with Gasteiger partial charge in [-0.3, -0.25) is 9.80 Å². The summed E-state index contributed by atoms with van der Waals surface area (Å²) in [5.74, 6) is 0.766. The van der Waals surface area contributed by atoms with Crippen LogP contribution in [-0.2, 0) is 4.74 Å². The Hall–Kier alpha value is -1.62. The second-order valence-corrected chi connectivity index (χ2v) is 8.45. The van der Waals surface area contributed by atoms with E-state index in [1.807, 2.05) is 26.8 Å². The van der Waals surface area contributed by atoms with Gasteiger partial charge in [-0.1, -0.05) is 32.8 Å². The number of ether oxygens (including phenoxy) is 1. The first kappa shape index (κ1) is 21.7. The summed E-state index contributed by atoms with van der Waals surface area (Å²) in [6, 6.07) is 4.46. The molecule has 27 heavy (non-hydrogen) atoms. The SMILES string of the molecule is CCCCN1CCCC[C@H]1c1cccnc1N(CCC)C(=O)OC(C)(C)C. The van der Waals surface area contributed by atoms with Crippen LogP contribution >= 0.6 is 0 Å². The van der Waals surface area contributed by atoms with Gasteiger partial charge in [-0.15, -0.1) is 0 Å². The maximum absolute atomic E-state index is 12.9. The van der Waals surface area contributed by atoms with Crippen molar-refractivity contribution >= 4 is 11.9 Å². The largest absolute Gasteiger partial charge is 0.443 e. The van der Waals surface area contributed by atoms with Crippen LogP contribution in [0.4, 0.5) is 10.6 Å². The molecule has 0 aliphatic carbocycles. The van der Waals surface area contributed by atoms with Crippen LogP contribution in [0, 0.1) is 0 Å². The summed E-state index contributed by atoms with van der Waals surface area (Å²) in [5.41, 5.74) is 0.642. The summed E-state index contributed by atoms with van der Waals surface area (Å²) in [5, 5.41) is 0. The molecule has 2 rings (SSSR count). The van der Waals surface area contributed by atoms with Crippen molar-refractivity contribution < 1.29 is 9.53 Å². The minimum absolute atomic E-state index is 0.305. The van der Waals surface area contributed by atoms with Crippen LogP contribution in [0.3, 0.4) is 0 Å². The van der Waals surface area contributed by atoms with Crippen molar-refractivity contribution in [2.45, 2.75) is 84.8 Å². The van der Waals surface area contributed by atoms with Crippen molar-refractivity contribution in [2.75, 3.05) is 24.5 Å². The van der Waals surface area contributed by atoms with E-state index in [0.29, 0.717) is 12.6 Å². The lowest BCUT2D eigenvalue weighted by Gasteiger charge is -2.38. The number of amides is 1. The normalized spacial score (nSPS) is 18.3. The molecule has 5 heteroatoms. The maximum atomic E-state index is 12.9. The highest BCUT2D eigenvalue weighted by Crippen LogP contribution is 2.36. The van der Waals surface area contributed by atoms with Crippen molar-refractivity contribution in [3.05, 3.63) is 23.9 Å². The zero-order valence-electron chi connectivity index (χ0n) is 17.8. The average molecular weight is 376 g/mol. The van der Waals surface area contributed by atoms with Crippen LogP contribution in [0.25, 0.3) is 0 Å². The number of piperidine rings is 1. The molecule has 1 aliphatic heterocycles. The van der Waals surface area contributed by atoms with Gasteiger partial charge >= 0.3 is 6.09 Å². The minimum Gasteiger partial charge on any atom is -0.443 e. The molecule has 0 unspecified atom stereocenters. The first-order valence-electron chi connectivity index (χ1n) is 10.6. The molecule has 1 atom stereocenters. The molecule has 1 aromatic rings. The lowest BCUT2D eigenvalue weighted by atomic mass is 9.95. The third kappa shape index (κ3) is 6.20. The number of carbonyl (C=O) groups is 1. The molecule has 1 amide bonds. The Bertz CT molecular complexity index is 597. The Balaban J connectivity index is 2.34. The second-order valence-electron chi connectivity index (χ2n) is 8.45. The lowest BCUT2D eigenvalue weighted by molar-refractivity contribution is 0.0578. The van der Waals surface area contributed by atoms with Gasteiger partial charge in [0.2, 0.25) is 0 Å². The quantitative estimate of drug-likeness (QED) is 0.626. The van der Waals surface area contributed by atoms with Crippen molar-refractivity contribution in [3.8, 4) is 0 Å². The van der Waals surface area contributed by atoms with Crippen LogP contribution < -0.4 is 4.90 Å². The van der Waals surface area contributed by atoms with E-state index in [1.54, 1.807) is 11.1 Å². The fourth-order valence-electron chi connectivity index (χ4n) is 3.69. The summed E-state index contributed by atoms with van der Waals surface area (Å²) in [6.45, 7) is 12.9. The Morgan fingerprint density at radius 3 is 2.74 bits per heavy atom. The van der Waals surface area contributed by atoms with Crippen molar-refractivity contribution in [1.29, 1.82) is 0 Å². The third-order valence-electron chi connectivity index (χ3n) is 4.91. The van der Waals surface area contributed by atoms with Gasteiger partial charge in [-0.25, -0.2) is 9.78 Å². The van der Waals surface area contributed by atoms with E-state index in [4.69, 9.17) is 4.74 Å². The van der Waals surface area contributed by atoms with Crippen LogP contribution in [0.2, 0.25) is 0 Å². The van der Waals surface area contributed by atoms with Crippen LogP contribution in [0.1, 0.15) is 84.7 Å². The highest BCUT2D eigenvalue weighted by Gasteiger charge is 2.30. The first-order valence-corrected chi connectivity index (χ1v) is 10.6. The van der Waals surface area contributed by atoms with E-state index in [2.05, 4.69) is 29.8 Å². The van der Waals surface area contributed by atoms with Crippen LogP contribution in [0.5, 0.6) is 0 Å². The van der Waals surface area contributed by atoms with E-state index >= 15 is 0 Å². The monoisotopic (exact) mass is 375 g/mol. The molecule has 0 bridgehead atoms. The fourth-order valence-corrected chi connectivity index (χ4v) is 3.69. The third-order valence-corrected chi connectivity index (χ3v) is 4.91. The van der Waals surface area contributed by atoms with Gasteiger partial charge in [0.15, 0.2) is 0 Å². The van der Waals surface area contributed by atoms with E-state index < -0.39 is 5.60 Å². The Morgan fingerprint density at radius 1 is 1.30 bits per heavy atom. The molecule has 1 aliphatic rings. The molecule has 0 radical (unpaired) electrons. The molecule has 1 aromatic heterocycles. The summed E-state index contributed by atoms with van der Waals surface area (Å²) >= 11 is 0. The molecule has 0 saturated carbocycles. The number of aromatic nitrogens is 1. The van der Waals surface area contributed by atoms with Crippen molar-refractivity contribution in [1.82, 2.24) is 9.88 Å². The predicted octanol–water partition coefficient (Wildman–Crippen LogP) is 5.56. The molecular formula is C22H37N3O2. The summed E-state index contributed by atoms with van der Waals surface area (Å²) < 4.78 is 5.67. The maximum Gasteiger partial charge on any atom is 0.416 e. The smallest absolute Gasteiger partial charge is 0.416 e. The summed E-state index contributed by atoms with van der Waals surface area (Å²) in [4.78, 5) is 21.8. The number of nitrogens with zero attached hydrogens (tertiary/aromatic N) is 3. The van der Waals surface area contributed by atoms with Crippen molar-refractivity contribution in [3.63, 3.8) is 0 Å². The summed E-state index contributed by atoms with van der Waals surface area (Å²) in [6.07, 6.45) is 8.34. The first-order chi connectivity index (χ1) is 12.9. The highest BCUT2D eigenvalue weighted by molar-refractivity contribution is 5.87. The van der Waals surface area contributed by atoms with E-state index in [9.17, 15) is 4.79 Å². The predicted molar refractivity (Wildman–Crippen MR) is 111 cm³/mol. The van der Waals surface area contributed by atoms with Gasteiger partial charge < -0.3 is 4.74 Å². The van der Waals surface area contributed by atoms with Gasteiger partial charge in [0, 0.05) is 24.3 Å². The molecule has 0 N–H and O–H groups in total. The highest BCUT2D eigenvalue weighted by atomic mass is 16.6. The van der Waals surface area contributed by atoms with E-state index in [1.165, 1.54) is 25.7 Å². The van der Waals surface area contributed by atoms with Gasteiger partial charge in [0.1, 0.15) is 11.4 Å². The molecule has 152 valence electrons. The minimum atomic E-state index is -0.518. The van der Waals surface area contributed by atoms with Crippen LogP contribution in [0.15, 0.2) is 18.3 Å². The molecule has 1 fully saturated rings. The number of hydrogen-bond donors (Lipinski definition) is 0. The zero-order valence-corrected chi connectivity index (χ0v) is 17.8. The van der Waals surface area contributed by atoms with E-state index in [0.717, 1.165) is 37.3 Å². The molecule has 2 heterocycles. The zero-order chi connectivity index (χ0) is 19.9. The number of pyridine rings is 1. The van der Waals surface area contributed by atoms with Gasteiger partial charge in [0.05, 0.1) is 0 Å². The molecule has 1 saturated heterocycles. The molecule has 0 aromatic carbocycles. The Morgan fingerprint density at radius 2 is 2.07 bits per heavy atom. The Labute approximate surface area is 165 Å². The second kappa shape index (κ2) is 10.1. The Kier molecular flexibility index (Phi) is 8.08. The molecular weight excluding hydrogens is 338 g/mol. The lowest BCUT2D eigenvalue weighted by Crippen LogP contribution is -2.40. The fraction of sp³-hybridized carbons (Fsp3) is 0.727. The number of likely N-dealkylation sites (tertiary alicyclic amines) is 1. The number of rotatable bonds is 7. The number of carbonyl (C=O) groups excluding carboxylic acids is 1. The van der Waals surface area contributed by atoms with Gasteiger partial charge in [0.25, 0.3) is 0 Å². The average Bonchev–Trinajstić information content (AvgIpc) is 2.63. The number of unbranched alkanes of at least 4 members (excludes halogenated alkanes) is 1. The van der Waals surface area contributed by atoms with Crippen molar-refractivity contribution in [2.24, 2.45) is 0 Å².